The third kappa shape index (κ3) is 4.46. The van der Waals surface area contributed by atoms with Gasteiger partial charge in [0.1, 0.15) is 11.4 Å². The summed E-state index contributed by atoms with van der Waals surface area (Å²) in [5.74, 6) is 0.610. The van der Waals surface area contributed by atoms with Gasteiger partial charge in [-0.15, -0.1) is 11.3 Å². The molecule has 2 N–H and O–H groups in total. The summed E-state index contributed by atoms with van der Waals surface area (Å²) < 4.78 is 5.90. The minimum atomic E-state index is -0.377. The van der Waals surface area contributed by atoms with Crippen LogP contribution in [0.2, 0.25) is 0 Å². The van der Waals surface area contributed by atoms with Crippen LogP contribution in [0.1, 0.15) is 23.0 Å². The number of aromatic nitrogens is 1. The number of hydrogen-bond acceptors (Lipinski definition) is 5. The molecule has 0 bridgehead atoms. The zero-order valence-corrected chi connectivity index (χ0v) is 15.1. The zero-order chi connectivity index (χ0) is 18.5. The van der Waals surface area contributed by atoms with E-state index in [4.69, 9.17) is 4.74 Å². The Morgan fingerprint density at radius 1 is 1.08 bits per heavy atom. The Hall–Kier alpha value is -3.19. The molecule has 0 unspecified atom stereocenters. The van der Waals surface area contributed by atoms with E-state index in [1.807, 2.05) is 43.3 Å². The number of para-hydroxylation sites is 2. The molecule has 0 saturated heterocycles. The first-order valence-electron chi connectivity index (χ1n) is 7.89. The van der Waals surface area contributed by atoms with E-state index < -0.39 is 0 Å². The van der Waals surface area contributed by atoms with Gasteiger partial charge in [-0.3, -0.25) is 9.59 Å². The van der Waals surface area contributed by atoms with E-state index in [2.05, 4.69) is 15.6 Å². The summed E-state index contributed by atoms with van der Waals surface area (Å²) >= 11 is 1.19. The van der Waals surface area contributed by atoms with Gasteiger partial charge in [0.2, 0.25) is 5.91 Å². The number of carbonyl (C=O) groups excluding carboxylic acids is 2. The van der Waals surface area contributed by atoms with Gasteiger partial charge >= 0.3 is 0 Å². The van der Waals surface area contributed by atoms with Crippen molar-refractivity contribution in [3.63, 3.8) is 0 Å². The Balaban J connectivity index is 1.76. The third-order valence-corrected chi connectivity index (χ3v) is 4.13. The van der Waals surface area contributed by atoms with E-state index >= 15 is 0 Å². The number of ether oxygens (including phenoxy) is 1. The lowest BCUT2D eigenvalue weighted by atomic mass is 10.2. The predicted octanol–water partition coefficient (Wildman–Crippen LogP) is 4.45. The van der Waals surface area contributed by atoms with Gasteiger partial charge in [0, 0.05) is 12.3 Å². The Morgan fingerprint density at radius 3 is 2.65 bits per heavy atom. The first-order chi connectivity index (χ1) is 12.5. The van der Waals surface area contributed by atoms with Crippen molar-refractivity contribution >= 4 is 34.0 Å². The van der Waals surface area contributed by atoms with Crippen LogP contribution in [-0.2, 0) is 4.79 Å². The molecule has 26 heavy (non-hydrogen) atoms. The van der Waals surface area contributed by atoms with Crippen LogP contribution in [0.5, 0.6) is 11.5 Å². The predicted molar refractivity (Wildman–Crippen MR) is 102 cm³/mol. The molecule has 6 nitrogen and oxygen atoms in total. The number of nitrogens with zero attached hydrogens (tertiary/aromatic N) is 1. The number of carbonyl (C=O) groups is 2. The normalized spacial score (nSPS) is 10.2. The van der Waals surface area contributed by atoms with Gasteiger partial charge in [-0.2, -0.15) is 0 Å². The number of hydrogen-bond donors (Lipinski definition) is 2. The van der Waals surface area contributed by atoms with Gasteiger partial charge in [-0.05, 0) is 36.8 Å². The molecule has 2 amide bonds. The van der Waals surface area contributed by atoms with Gasteiger partial charge in [0.15, 0.2) is 10.9 Å². The minimum Gasteiger partial charge on any atom is -0.455 e. The summed E-state index contributed by atoms with van der Waals surface area (Å²) in [6, 6.07) is 14.8. The maximum absolute atomic E-state index is 12.4. The lowest BCUT2D eigenvalue weighted by Crippen LogP contribution is -2.13. The first kappa shape index (κ1) is 17.6. The Bertz CT molecular complexity index is 952. The van der Waals surface area contributed by atoms with Gasteiger partial charge < -0.3 is 15.4 Å². The molecular weight excluding hydrogens is 350 g/mol. The van der Waals surface area contributed by atoms with Crippen LogP contribution >= 0.6 is 11.3 Å². The van der Waals surface area contributed by atoms with Crippen molar-refractivity contribution in [2.45, 2.75) is 13.8 Å². The number of aryl methyl sites for hydroxylation is 1. The molecule has 0 spiro atoms. The third-order valence-electron chi connectivity index (χ3n) is 3.37. The van der Waals surface area contributed by atoms with Gasteiger partial charge in [-0.1, -0.05) is 24.3 Å². The van der Waals surface area contributed by atoms with Crippen LogP contribution in [0.15, 0.2) is 53.9 Å². The second-order valence-electron chi connectivity index (χ2n) is 5.59. The lowest BCUT2D eigenvalue weighted by molar-refractivity contribution is -0.114. The molecule has 0 aliphatic heterocycles. The fraction of sp³-hybridized carbons (Fsp3) is 0.105. The smallest absolute Gasteiger partial charge is 0.275 e. The van der Waals surface area contributed by atoms with Crippen molar-refractivity contribution in [2.24, 2.45) is 0 Å². The van der Waals surface area contributed by atoms with Crippen molar-refractivity contribution in [1.82, 2.24) is 4.98 Å². The maximum Gasteiger partial charge on any atom is 0.275 e. The van der Waals surface area contributed by atoms with Gasteiger partial charge in [-0.25, -0.2) is 4.98 Å². The monoisotopic (exact) mass is 367 g/mol. The van der Waals surface area contributed by atoms with E-state index in [0.717, 1.165) is 5.56 Å². The molecule has 3 aromatic rings. The highest BCUT2D eigenvalue weighted by Gasteiger charge is 2.14. The van der Waals surface area contributed by atoms with E-state index in [9.17, 15) is 9.59 Å². The number of anilines is 2. The second-order valence-corrected chi connectivity index (χ2v) is 6.45. The molecular formula is C19H17N3O3S. The molecule has 132 valence electrons. The van der Waals surface area contributed by atoms with Crippen molar-refractivity contribution in [1.29, 1.82) is 0 Å². The second kappa shape index (κ2) is 7.79. The SMILES string of the molecule is CC(=O)Nc1nc(C(=O)Nc2ccccc2Oc2cccc(C)c2)cs1. The highest BCUT2D eigenvalue weighted by Crippen LogP contribution is 2.30. The van der Waals surface area contributed by atoms with Crippen LogP contribution in [0.3, 0.4) is 0 Å². The summed E-state index contributed by atoms with van der Waals surface area (Å²) in [6.45, 7) is 3.37. The van der Waals surface area contributed by atoms with Crippen LogP contribution in [0, 0.1) is 6.92 Å². The number of amides is 2. The average molecular weight is 367 g/mol. The minimum absolute atomic E-state index is 0.226. The lowest BCUT2D eigenvalue weighted by Gasteiger charge is -2.12. The van der Waals surface area contributed by atoms with E-state index in [0.29, 0.717) is 22.3 Å². The Labute approximate surface area is 154 Å². The largest absolute Gasteiger partial charge is 0.455 e. The zero-order valence-electron chi connectivity index (χ0n) is 14.3. The van der Waals surface area contributed by atoms with Crippen molar-refractivity contribution in [3.8, 4) is 11.5 Å². The topological polar surface area (TPSA) is 80.3 Å². The number of nitrogens with one attached hydrogen (secondary N) is 2. The molecule has 1 heterocycles. The molecule has 0 aliphatic carbocycles. The summed E-state index contributed by atoms with van der Waals surface area (Å²) in [5.41, 5.74) is 1.84. The van der Waals surface area contributed by atoms with Crippen molar-refractivity contribution in [2.75, 3.05) is 10.6 Å². The first-order valence-corrected chi connectivity index (χ1v) is 8.77. The molecule has 1 aromatic heterocycles. The fourth-order valence-electron chi connectivity index (χ4n) is 2.24. The number of thiazole rings is 1. The molecule has 0 fully saturated rings. The molecule has 3 rings (SSSR count). The van der Waals surface area contributed by atoms with Crippen LogP contribution < -0.4 is 15.4 Å². The molecule has 2 aromatic carbocycles. The Morgan fingerprint density at radius 2 is 1.88 bits per heavy atom. The van der Waals surface area contributed by atoms with Crippen molar-refractivity contribution < 1.29 is 14.3 Å². The van der Waals surface area contributed by atoms with Gasteiger partial charge in [0.25, 0.3) is 5.91 Å². The van der Waals surface area contributed by atoms with Gasteiger partial charge in [0.05, 0.1) is 5.69 Å². The summed E-state index contributed by atoms with van der Waals surface area (Å²) in [4.78, 5) is 27.6. The highest BCUT2D eigenvalue weighted by atomic mass is 32.1. The highest BCUT2D eigenvalue weighted by molar-refractivity contribution is 7.14. The fourth-order valence-corrected chi connectivity index (χ4v) is 2.97. The molecule has 0 atom stereocenters. The van der Waals surface area contributed by atoms with Crippen molar-refractivity contribution in [3.05, 3.63) is 65.2 Å². The maximum atomic E-state index is 12.4. The summed E-state index contributed by atoms with van der Waals surface area (Å²) in [7, 11) is 0. The van der Waals surface area contributed by atoms with E-state index in [1.165, 1.54) is 18.3 Å². The number of rotatable bonds is 5. The standard InChI is InChI=1S/C19H17N3O3S/c1-12-6-5-7-14(10-12)25-17-9-4-3-8-15(17)21-18(24)16-11-26-19(22-16)20-13(2)23/h3-11H,1-2H3,(H,21,24)(H,20,22,23). The van der Waals surface area contributed by atoms with Crippen LogP contribution in [0.25, 0.3) is 0 Å². The molecule has 0 saturated carbocycles. The van der Waals surface area contributed by atoms with E-state index in [1.54, 1.807) is 17.5 Å². The van der Waals surface area contributed by atoms with Crippen LogP contribution in [0.4, 0.5) is 10.8 Å². The summed E-state index contributed by atoms with van der Waals surface area (Å²) in [5, 5.41) is 7.32. The van der Waals surface area contributed by atoms with Crippen LogP contribution in [-0.4, -0.2) is 16.8 Å². The average Bonchev–Trinajstić information content (AvgIpc) is 3.04. The van der Waals surface area contributed by atoms with E-state index in [-0.39, 0.29) is 17.5 Å². The number of benzene rings is 2. The molecule has 7 heteroatoms. The Kier molecular flexibility index (Phi) is 5.28. The summed E-state index contributed by atoms with van der Waals surface area (Å²) in [6.07, 6.45) is 0. The quantitative estimate of drug-likeness (QED) is 0.698. The molecule has 0 radical (unpaired) electrons. The molecule has 0 aliphatic rings.